The van der Waals surface area contributed by atoms with Gasteiger partial charge in [-0.05, 0) is 23.8 Å². The molecule has 0 bridgehead atoms. The highest BCUT2D eigenvalue weighted by atomic mass is 32.1. The smallest absolute Gasteiger partial charge is 0.277 e. The Kier molecular flexibility index (Phi) is 6.97. The SMILES string of the molecule is O=C(Nc1nc2c(s1)CN(Cc1ccccc1)CC2)c1ccc(=O)n(CCOc2ccccc2)n1. The molecule has 0 saturated heterocycles. The largest absolute Gasteiger partial charge is 0.492 e. The van der Waals surface area contributed by atoms with Crippen LogP contribution < -0.4 is 15.6 Å². The van der Waals surface area contributed by atoms with Crippen molar-refractivity contribution in [1.29, 1.82) is 0 Å². The van der Waals surface area contributed by atoms with Crippen LogP contribution in [0.15, 0.2) is 77.6 Å². The van der Waals surface area contributed by atoms with Gasteiger partial charge < -0.3 is 4.74 Å². The van der Waals surface area contributed by atoms with Crippen LogP contribution in [0.4, 0.5) is 5.13 Å². The highest BCUT2D eigenvalue weighted by Crippen LogP contribution is 2.29. The minimum Gasteiger partial charge on any atom is -0.492 e. The average Bonchev–Trinajstić information content (AvgIpc) is 3.28. The van der Waals surface area contributed by atoms with E-state index in [1.54, 1.807) is 0 Å². The molecular weight excluding hydrogens is 462 g/mol. The number of ether oxygens (including phenoxy) is 1. The number of carbonyl (C=O) groups excluding carboxylic acids is 1. The quantitative estimate of drug-likeness (QED) is 0.409. The second-order valence-electron chi connectivity index (χ2n) is 8.23. The summed E-state index contributed by atoms with van der Waals surface area (Å²) in [5.41, 5.74) is 2.18. The van der Waals surface area contributed by atoms with Crippen molar-refractivity contribution in [3.05, 3.63) is 105 Å². The summed E-state index contributed by atoms with van der Waals surface area (Å²) in [6.45, 7) is 3.12. The maximum Gasteiger partial charge on any atom is 0.277 e. The van der Waals surface area contributed by atoms with Gasteiger partial charge in [-0.15, -0.1) is 11.3 Å². The number of nitrogens with zero attached hydrogens (tertiary/aromatic N) is 4. The van der Waals surface area contributed by atoms with Gasteiger partial charge in [-0.25, -0.2) is 9.67 Å². The molecule has 178 valence electrons. The zero-order valence-corrected chi connectivity index (χ0v) is 19.9. The van der Waals surface area contributed by atoms with E-state index in [2.05, 4.69) is 44.6 Å². The summed E-state index contributed by atoms with van der Waals surface area (Å²) < 4.78 is 6.88. The van der Waals surface area contributed by atoms with Crippen LogP contribution in [-0.4, -0.2) is 38.7 Å². The normalized spacial score (nSPS) is 13.3. The Morgan fingerprint density at radius 1 is 1.03 bits per heavy atom. The predicted octanol–water partition coefficient (Wildman–Crippen LogP) is 3.59. The van der Waals surface area contributed by atoms with Crippen LogP contribution in [0.2, 0.25) is 0 Å². The summed E-state index contributed by atoms with van der Waals surface area (Å²) in [6.07, 6.45) is 0.846. The molecule has 0 atom stereocenters. The minimum absolute atomic E-state index is 0.156. The molecule has 2 aromatic heterocycles. The molecule has 0 unspecified atom stereocenters. The van der Waals surface area contributed by atoms with Crippen LogP contribution in [0.3, 0.4) is 0 Å². The van der Waals surface area contributed by atoms with Crippen molar-refractivity contribution in [1.82, 2.24) is 19.7 Å². The molecular formula is C26H25N5O3S. The van der Waals surface area contributed by atoms with Crippen LogP contribution >= 0.6 is 11.3 Å². The van der Waals surface area contributed by atoms with Crippen molar-refractivity contribution in [3.63, 3.8) is 0 Å². The lowest BCUT2D eigenvalue weighted by molar-refractivity contribution is 0.101. The van der Waals surface area contributed by atoms with E-state index >= 15 is 0 Å². The number of benzene rings is 2. The third-order valence-electron chi connectivity index (χ3n) is 5.69. The van der Waals surface area contributed by atoms with Gasteiger partial charge in [0, 0.05) is 37.0 Å². The molecule has 1 aliphatic heterocycles. The fourth-order valence-electron chi connectivity index (χ4n) is 3.94. The van der Waals surface area contributed by atoms with Crippen LogP contribution in [-0.2, 0) is 26.1 Å². The van der Waals surface area contributed by atoms with Gasteiger partial charge in [0.15, 0.2) is 5.13 Å². The molecule has 1 amide bonds. The van der Waals surface area contributed by atoms with E-state index in [9.17, 15) is 9.59 Å². The van der Waals surface area contributed by atoms with E-state index in [1.807, 2.05) is 36.4 Å². The molecule has 0 fully saturated rings. The second-order valence-corrected chi connectivity index (χ2v) is 9.31. The average molecular weight is 488 g/mol. The first-order valence-electron chi connectivity index (χ1n) is 11.5. The minimum atomic E-state index is -0.394. The van der Waals surface area contributed by atoms with Gasteiger partial charge in [0.25, 0.3) is 11.5 Å². The lowest BCUT2D eigenvalue weighted by atomic mass is 10.1. The van der Waals surface area contributed by atoms with Crippen molar-refractivity contribution in [2.45, 2.75) is 26.1 Å². The molecule has 35 heavy (non-hydrogen) atoms. The van der Waals surface area contributed by atoms with Crippen molar-refractivity contribution < 1.29 is 9.53 Å². The standard InChI is InChI=1S/C26H25N5O3S/c32-24-12-11-22(29-31(24)15-16-34-20-9-5-2-6-10-20)25(33)28-26-27-21-13-14-30(18-23(21)35-26)17-19-7-3-1-4-8-19/h1-12H,13-18H2,(H,27,28,33). The third kappa shape index (κ3) is 5.82. The number of amides is 1. The molecule has 9 heteroatoms. The lowest BCUT2D eigenvalue weighted by Gasteiger charge is -2.25. The Balaban J connectivity index is 1.20. The molecule has 0 spiro atoms. The van der Waals surface area contributed by atoms with Gasteiger partial charge in [-0.3, -0.25) is 19.8 Å². The van der Waals surface area contributed by atoms with Crippen molar-refractivity contribution in [2.75, 3.05) is 18.5 Å². The Labute approximate surface area is 206 Å². The van der Waals surface area contributed by atoms with Gasteiger partial charge in [-0.1, -0.05) is 48.5 Å². The Hall–Kier alpha value is -3.82. The number of fused-ring (bicyclic) bond motifs is 1. The number of carbonyl (C=O) groups is 1. The number of thiazole rings is 1. The van der Waals surface area contributed by atoms with Crippen LogP contribution in [0, 0.1) is 0 Å². The molecule has 5 rings (SSSR count). The van der Waals surface area contributed by atoms with Crippen molar-refractivity contribution >= 4 is 22.4 Å². The Morgan fingerprint density at radius 2 is 1.80 bits per heavy atom. The zero-order chi connectivity index (χ0) is 24.0. The maximum absolute atomic E-state index is 12.8. The first kappa shape index (κ1) is 22.9. The van der Waals surface area contributed by atoms with Crippen molar-refractivity contribution in [2.24, 2.45) is 0 Å². The molecule has 0 radical (unpaired) electrons. The van der Waals surface area contributed by atoms with Gasteiger partial charge in [0.05, 0.1) is 12.2 Å². The first-order chi connectivity index (χ1) is 17.1. The first-order valence-corrected chi connectivity index (χ1v) is 12.3. The fraction of sp³-hybridized carbons (Fsp3) is 0.231. The summed E-state index contributed by atoms with van der Waals surface area (Å²) in [4.78, 5) is 33.2. The van der Waals surface area contributed by atoms with E-state index in [-0.39, 0.29) is 24.4 Å². The summed E-state index contributed by atoms with van der Waals surface area (Å²) in [5, 5.41) is 7.62. The van der Waals surface area contributed by atoms with E-state index in [1.165, 1.54) is 38.6 Å². The van der Waals surface area contributed by atoms with Crippen molar-refractivity contribution in [3.8, 4) is 5.75 Å². The van der Waals surface area contributed by atoms with Crippen LogP contribution in [0.1, 0.15) is 26.6 Å². The number of hydrogen-bond donors (Lipinski definition) is 1. The van der Waals surface area contributed by atoms with E-state index in [4.69, 9.17) is 4.74 Å². The van der Waals surface area contributed by atoms with E-state index in [0.717, 1.165) is 31.7 Å². The summed E-state index contributed by atoms with van der Waals surface area (Å²) in [7, 11) is 0. The van der Waals surface area contributed by atoms with Gasteiger partial charge in [0.2, 0.25) is 0 Å². The Bertz CT molecular complexity index is 1350. The molecule has 2 aromatic carbocycles. The van der Waals surface area contributed by atoms with Gasteiger partial charge in [-0.2, -0.15) is 5.10 Å². The molecule has 4 aromatic rings. The number of nitrogens with one attached hydrogen (secondary N) is 1. The number of rotatable bonds is 8. The van der Waals surface area contributed by atoms with Gasteiger partial charge >= 0.3 is 0 Å². The molecule has 1 N–H and O–H groups in total. The summed E-state index contributed by atoms with van der Waals surface area (Å²) in [6, 6.07) is 22.5. The molecule has 3 heterocycles. The van der Waals surface area contributed by atoms with E-state index < -0.39 is 5.91 Å². The third-order valence-corrected chi connectivity index (χ3v) is 6.69. The van der Waals surface area contributed by atoms with E-state index in [0.29, 0.717) is 10.9 Å². The summed E-state index contributed by atoms with van der Waals surface area (Å²) >= 11 is 1.49. The number of para-hydroxylation sites is 1. The molecule has 1 aliphatic rings. The van der Waals surface area contributed by atoms with Gasteiger partial charge in [0.1, 0.15) is 18.1 Å². The predicted molar refractivity (Wildman–Crippen MR) is 135 cm³/mol. The monoisotopic (exact) mass is 487 g/mol. The van der Waals surface area contributed by atoms with Crippen LogP contribution in [0.5, 0.6) is 5.75 Å². The summed E-state index contributed by atoms with van der Waals surface area (Å²) in [5.74, 6) is 0.319. The maximum atomic E-state index is 12.8. The topological polar surface area (TPSA) is 89.4 Å². The lowest BCUT2D eigenvalue weighted by Crippen LogP contribution is -2.29. The number of aromatic nitrogens is 3. The molecule has 0 aliphatic carbocycles. The number of anilines is 1. The number of hydrogen-bond acceptors (Lipinski definition) is 7. The highest BCUT2D eigenvalue weighted by molar-refractivity contribution is 7.15. The fourth-order valence-corrected chi connectivity index (χ4v) is 4.98. The Morgan fingerprint density at radius 3 is 2.60 bits per heavy atom. The highest BCUT2D eigenvalue weighted by Gasteiger charge is 2.22. The van der Waals surface area contributed by atoms with Crippen LogP contribution in [0.25, 0.3) is 0 Å². The molecule has 8 nitrogen and oxygen atoms in total. The molecule has 0 saturated carbocycles. The second kappa shape index (κ2) is 10.6. The zero-order valence-electron chi connectivity index (χ0n) is 19.1.